The van der Waals surface area contributed by atoms with Gasteiger partial charge in [0.25, 0.3) is 0 Å². The molecule has 2 rings (SSSR count). The van der Waals surface area contributed by atoms with E-state index >= 15 is 0 Å². The van der Waals surface area contributed by atoms with Gasteiger partial charge in [-0.3, -0.25) is 9.59 Å². The van der Waals surface area contributed by atoms with Gasteiger partial charge in [-0.25, -0.2) is 4.79 Å². The molecule has 2 aliphatic rings. The van der Waals surface area contributed by atoms with Crippen molar-refractivity contribution in [2.24, 2.45) is 11.8 Å². The van der Waals surface area contributed by atoms with Crippen LogP contribution < -0.4 is 5.32 Å². The molecule has 3 amide bonds. The Morgan fingerprint density at radius 3 is 2.68 bits per heavy atom. The summed E-state index contributed by atoms with van der Waals surface area (Å²) in [5.74, 6) is -1.59. The average Bonchev–Trinajstić information content (AvgIpc) is 2.60. The van der Waals surface area contributed by atoms with Crippen LogP contribution >= 0.6 is 0 Å². The Balaban J connectivity index is 2.00. The molecule has 0 unspecified atom stereocenters. The standard InChI is InChI=1S/C12H19N3O4/c1-8-5-15(6-9(8)11(17)18)12(19)14-4-2-3-13-10(16)7-14/h8-9H,2-7H2,1H3,(H,13,16)(H,17,18)/t8-,9-/m1/s1. The third kappa shape index (κ3) is 2.97. The maximum absolute atomic E-state index is 12.3. The Labute approximate surface area is 111 Å². The van der Waals surface area contributed by atoms with Crippen LogP contribution in [-0.4, -0.2) is 65.5 Å². The van der Waals surface area contributed by atoms with Crippen LogP contribution in [0.3, 0.4) is 0 Å². The number of carbonyl (C=O) groups excluding carboxylic acids is 2. The van der Waals surface area contributed by atoms with Crippen molar-refractivity contribution >= 4 is 17.9 Å². The summed E-state index contributed by atoms with van der Waals surface area (Å²) >= 11 is 0. The van der Waals surface area contributed by atoms with Crippen LogP contribution in [0.1, 0.15) is 13.3 Å². The molecule has 2 aliphatic heterocycles. The van der Waals surface area contributed by atoms with E-state index in [1.807, 2.05) is 6.92 Å². The number of likely N-dealkylation sites (tertiary alicyclic amines) is 1. The molecule has 0 bridgehead atoms. The van der Waals surface area contributed by atoms with Crippen molar-refractivity contribution in [1.29, 1.82) is 0 Å². The van der Waals surface area contributed by atoms with E-state index in [9.17, 15) is 14.4 Å². The van der Waals surface area contributed by atoms with Gasteiger partial charge in [0, 0.05) is 26.2 Å². The monoisotopic (exact) mass is 269 g/mol. The van der Waals surface area contributed by atoms with E-state index in [0.717, 1.165) is 6.42 Å². The molecule has 0 aromatic rings. The number of aliphatic carboxylic acids is 1. The molecule has 106 valence electrons. The molecule has 0 saturated carbocycles. The molecular formula is C12H19N3O4. The number of urea groups is 1. The summed E-state index contributed by atoms with van der Waals surface area (Å²) in [5.41, 5.74) is 0. The van der Waals surface area contributed by atoms with Gasteiger partial charge in [-0.15, -0.1) is 0 Å². The van der Waals surface area contributed by atoms with Gasteiger partial charge in [-0.2, -0.15) is 0 Å². The SMILES string of the molecule is C[C@@H]1CN(C(=O)N2CCCNC(=O)C2)C[C@H]1C(=O)O. The van der Waals surface area contributed by atoms with Gasteiger partial charge in [0.05, 0.1) is 5.92 Å². The highest BCUT2D eigenvalue weighted by molar-refractivity contribution is 5.85. The summed E-state index contributed by atoms with van der Waals surface area (Å²) in [7, 11) is 0. The Kier molecular flexibility index (Phi) is 3.92. The van der Waals surface area contributed by atoms with Crippen molar-refractivity contribution in [2.75, 3.05) is 32.7 Å². The number of nitrogens with one attached hydrogen (secondary N) is 1. The number of hydrogen-bond donors (Lipinski definition) is 2. The molecule has 2 N–H and O–H groups in total. The summed E-state index contributed by atoms with van der Waals surface area (Å²) in [6.45, 7) is 3.67. The fourth-order valence-electron chi connectivity index (χ4n) is 2.61. The number of carbonyl (C=O) groups is 3. The van der Waals surface area contributed by atoms with Crippen molar-refractivity contribution in [1.82, 2.24) is 15.1 Å². The van der Waals surface area contributed by atoms with Crippen molar-refractivity contribution in [3.8, 4) is 0 Å². The molecule has 2 fully saturated rings. The Morgan fingerprint density at radius 1 is 1.32 bits per heavy atom. The van der Waals surface area contributed by atoms with Crippen LogP contribution in [0, 0.1) is 11.8 Å². The molecule has 0 aromatic heterocycles. The van der Waals surface area contributed by atoms with Gasteiger partial charge in [0.2, 0.25) is 5.91 Å². The minimum atomic E-state index is -0.864. The number of hydrogen-bond acceptors (Lipinski definition) is 3. The summed E-state index contributed by atoms with van der Waals surface area (Å²) in [6, 6.07) is -0.229. The summed E-state index contributed by atoms with van der Waals surface area (Å²) in [6.07, 6.45) is 0.725. The lowest BCUT2D eigenvalue weighted by molar-refractivity contribution is -0.142. The Bertz CT molecular complexity index is 398. The molecule has 0 radical (unpaired) electrons. The van der Waals surface area contributed by atoms with Gasteiger partial charge >= 0.3 is 12.0 Å². The highest BCUT2D eigenvalue weighted by atomic mass is 16.4. The molecule has 7 heteroatoms. The minimum absolute atomic E-state index is 0.0535. The van der Waals surface area contributed by atoms with Crippen molar-refractivity contribution in [2.45, 2.75) is 13.3 Å². The molecule has 0 aliphatic carbocycles. The quantitative estimate of drug-likeness (QED) is 0.676. The lowest BCUT2D eigenvalue weighted by atomic mass is 9.99. The van der Waals surface area contributed by atoms with Crippen molar-refractivity contribution in [3.63, 3.8) is 0 Å². The van der Waals surface area contributed by atoms with Gasteiger partial charge in [-0.05, 0) is 12.3 Å². The molecule has 0 aromatic carbocycles. The normalized spacial score (nSPS) is 27.9. The first kappa shape index (κ1) is 13.6. The second-order valence-corrected chi connectivity index (χ2v) is 5.23. The van der Waals surface area contributed by atoms with E-state index < -0.39 is 11.9 Å². The zero-order valence-corrected chi connectivity index (χ0v) is 11.0. The minimum Gasteiger partial charge on any atom is -0.481 e. The number of rotatable bonds is 1. The molecule has 7 nitrogen and oxygen atoms in total. The summed E-state index contributed by atoms with van der Waals surface area (Å²) in [4.78, 5) is 37.8. The fourth-order valence-corrected chi connectivity index (χ4v) is 2.61. The highest BCUT2D eigenvalue weighted by Crippen LogP contribution is 2.24. The Morgan fingerprint density at radius 2 is 2.05 bits per heavy atom. The van der Waals surface area contributed by atoms with Gasteiger partial charge in [0.1, 0.15) is 6.54 Å². The zero-order chi connectivity index (χ0) is 14.0. The molecule has 2 atom stereocenters. The molecular weight excluding hydrogens is 250 g/mol. The number of carboxylic acids is 1. The topological polar surface area (TPSA) is 90.0 Å². The van der Waals surface area contributed by atoms with E-state index in [1.54, 1.807) is 4.90 Å². The predicted octanol–water partition coefficient (Wildman–Crippen LogP) is -0.419. The van der Waals surface area contributed by atoms with Gasteiger partial charge in [0.15, 0.2) is 0 Å². The molecule has 0 spiro atoms. The van der Waals surface area contributed by atoms with E-state index in [0.29, 0.717) is 19.6 Å². The van der Waals surface area contributed by atoms with Gasteiger partial charge in [-0.1, -0.05) is 6.92 Å². The lowest BCUT2D eigenvalue weighted by Crippen LogP contribution is -2.45. The molecule has 19 heavy (non-hydrogen) atoms. The maximum Gasteiger partial charge on any atom is 0.320 e. The highest BCUT2D eigenvalue weighted by Gasteiger charge is 2.38. The van der Waals surface area contributed by atoms with Crippen LogP contribution in [0.4, 0.5) is 4.79 Å². The number of nitrogens with zero attached hydrogens (tertiary/aromatic N) is 2. The van der Waals surface area contributed by atoms with Crippen LogP contribution in [-0.2, 0) is 9.59 Å². The van der Waals surface area contributed by atoms with Crippen LogP contribution in [0.2, 0.25) is 0 Å². The van der Waals surface area contributed by atoms with Crippen molar-refractivity contribution < 1.29 is 19.5 Å². The van der Waals surface area contributed by atoms with Crippen LogP contribution in [0.25, 0.3) is 0 Å². The maximum atomic E-state index is 12.3. The zero-order valence-electron chi connectivity index (χ0n) is 11.0. The van der Waals surface area contributed by atoms with Gasteiger partial charge < -0.3 is 20.2 Å². The van der Waals surface area contributed by atoms with E-state index in [-0.39, 0.29) is 30.9 Å². The fraction of sp³-hybridized carbons (Fsp3) is 0.750. The second-order valence-electron chi connectivity index (χ2n) is 5.23. The first-order valence-corrected chi connectivity index (χ1v) is 6.52. The average molecular weight is 269 g/mol. The number of carboxylic acid groups (broad SMARTS) is 1. The van der Waals surface area contributed by atoms with Crippen LogP contribution in [0.5, 0.6) is 0 Å². The number of amides is 3. The third-order valence-corrected chi connectivity index (χ3v) is 3.73. The lowest BCUT2D eigenvalue weighted by Gasteiger charge is -2.25. The van der Waals surface area contributed by atoms with E-state index in [2.05, 4.69) is 5.32 Å². The summed E-state index contributed by atoms with van der Waals surface area (Å²) in [5, 5.41) is 11.8. The Hall–Kier alpha value is -1.79. The largest absolute Gasteiger partial charge is 0.481 e. The second kappa shape index (κ2) is 5.46. The van der Waals surface area contributed by atoms with Crippen molar-refractivity contribution in [3.05, 3.63) is 0 Å². The van der Waals surface area contributed by atoms with Crippen LogP contribution in [0.15, 0.2) is 0 Å². The summed E-state index contributed by atoms with van der Waals surface area (Å²) < 4.78 is 0. The van der Waals surface area contributed by atoms with E-state index in [4.69, 9.17) is 5.11 Å². The van der Waals surface area contributed by atoms with E-state index in [1.165, 1.54) is 4.90 Å². The first-order valence-electron chi connectivity index (χ1n) is 6.52. The predicted molar refractivity (Wildman–Crippen MR) is 66.5 cm³/mol. The smallest absolute Gasteiger partial charge is 0.320 e. The third-order valence-electron chi connectivity index (χ3n) is 3.73. The first-order chi connectivity index (χ1) is 8.99. The molecule has 2 heterocycles. The molecule has 2 saturated heterocycles.